The van der Waals surface area contributed by atoms with Crippen molar-refractivity contribution in [2.45, 2.75) is 70.1 Å². The Bertz CT molecular complexity index is 1580. The molecule has 41 heavy (non-hydrogen) atoms. The Hall–Kier alpha value is -2.79. The van der Waals surface area contributed by atoms with E-state index in [1.807, 2.05) is 36.6 Å². The fraction of sp³-hybridized carbons (Fsp3) is 0.433. The molecular weight excluding hydrogens is 568 g/mol. The largest absolute Gasteiger partial charge is 0.434 e. The highest BCUT2D eigenvalue weighted by Gasteiger charge is 2.38. The summed E-state index contributed by atoms with van der Waals surface area (Å²) in [4.78, 5) is 14.1. The predicted octanol–water partition coefficient (Wildman–Crippen LogP) is 7.77. The normalized spacial score (nSPS) is 18.2. The third-order valence-corrected chi connectivity index (χ3v) is 11.9. The van der Waals surface area contributed by atoms with Gasteiger partial charge in [0, 0.05) is 33.3 Å². The number of aromatic nitrogens is 4. The van der Waals surface area contributed by atoms with Crippen molar-refractivity contribution in [3.63, 3.8) is 0 Å². The summed E-state index contributed by atoms with van der Waals surface area (Å²) in [6.07, 6.45) is 8.35. The van der Waals surface area contributed by atoms with Crippen LogP contribution in [0.25, 0.3) is 22.2 Å². The minimum atomic E-state index is -2.98. The number of ether oxygens (including phenoxy) is 1. The fourth-order valence-electron chi connectivity index (χ4n) is 5.09. The zero-order chi connectivity index (χ0) is 29.9. The number of fused-ring (bicyclic) bond motifs is 3. The molecule has 7 nitrogen and oxygen atoms in total. The minimum Gasteiger partial charge on any atom is -0.434 e. The molecule has 0 bridgehead atoms. The van der Waals surface area contributed by atoms with Crippen molar-refractivity contribution < 1.29 is 17.7 Å². The first kappa shape index (κ1) is 29.7. The van der Waals surface area contributed by atoms with Crippen LogP contribution in [-0.4, -0.2) is 43.4 Å². The van der Waals surface area contributed by atoms with E-state index < -0.39 is 34.6 Å². The van der Waals surface area contributed by atoms with E-state index in [0.29, 0.717) is 28.7 Å². The molecule has 0 unspecified atom stereocenters. The van der Waals surface area contributed by atoms with E-state index in [-0.39, 0.29) is 10.5 Å². The van der Waals surface area contributed by atoms with E-state index in [4.69, 9.17) is 31.2 Å². The van der Waals surface area contributed by atoms with Gasteiger partial charge in [0.2, 0.25) is 0 Å². The van der Waals surface area contributed by atoms with Crippen molar-refractivity contribution in [1.29, 1.82) is 0 Å². The first-order valence-electron chi connectivity index (χ1n) is 13.4. The van der Waals surface area contributed by atoms with Gasteiger partial charge in [-0.2, -0.15) is 8.78 Å². The topological polar surface area (TPSA) is 88.1 Å². The van der Waals surface area contributed by atoms with Crippen molar-refractivity contribution in [2.24, 2.45) is 5.73 Å². The number of hydrogen-bond acceptors (Lipinski definition) is 6. The van der Waals surface area contributed by atoms with E-state index in [1.54, 1.807) is 24.5 Å². The lowest BCUT2D eigenvalue weighted by molar-refractivity contribution is -0.0506. The summed E-state index contributed by atoms with van der Waals surface area (Å²) in [5, 5.41) is 0.330. The second kappa shape index (κ2) is 10.5. The quantitative estimate of drug-likeness (QED) is 0.232. The zero-order valence-corrected chi connectivity index (χ0v) is 25.9. The predicted molar refractivity (Wildman–Crippen MR) is 162 cm³/mol. The number of hydrogen-bond donors (Lipinski definition) is 1. The molecule has 2 atom stereocenters. The van der Waals surface area contributed by atoms with Gasteiger partial charge in [-0.25, -0.2) is 15.0 Å². The summed E-state index contributed by atoms with van der Waals surface area (Å²) in [5.74, 6) is 1.30. The van der Waals surface area contributed by atoms with Gasteiger partial charge < -0.3 is 19.2 Å². The number of nitrogens with two attached hydrogens (primary N) is 1. The maximum absolute atomic E-state index is 13.2. The molecule has 2 aromatic heterocycles. The number of rotatable bonds is 7. The van der Waals surface area contributed by atoms with E-state index in [1.165, 1.54) is 6.07 Å². The summed E-state index contributed by atoms with van der Waals surface area (Å²) in [6.45, 7) is 7.56. The lowest BCUT2D eigenvalue weighted by atomic mass is 10.0. The third-order valence-electron chi connectivity index (χ3n) is 7.81. The van der Waals surface area contributed by atoms with Crippen LogP contribution in [0, 0.1) is 0 Å². The number of benzene rings is 2. The van der Waals surface area contributed by atoms with Crippen LogP contribution >= 0.6 is 21.9 Å². The standard InChI is InChI=1S/C30H36ClF2N5O2S/c1-29(2,3)41(6,7)40-30(4,5)27-35-15-18(16-36-27)17-11-12-21-22(13-17)38-23(14-20(34)26(38)37-21)25-19(31)9-8-10-24(25)39-28(32)33/h8-13,15-16,20,23,28H,14,34H2,1-7H3/t20-,23-/m1/s1. The molecule has 11 heteroatoms. The Kier molecular flexibility index (Phi) is 7.59. The molecule has 1 aliphatic rings. The molecular formula is C30H36ClF2N5O2S. The van der Waals surface area contributed by atoms with Crippen LogP contribution in [0.2, 0.25) is 5.02 Å². The molecule has 3 heterocycles. The number of imidazole rings is 1. The molecule has 0 spiro atoms. The summed E-state index contributed by atoms with van der Waals surface area (Å²) >= 11 is 6.54. The Morgan fingerprint density at radius 2 is 1.73 bits per heavy atom. The van der Waals surface area contributed by atoms with Crippen LogP contribution < -0.4 is 10.5 Å². The minimum absolute atomic E-state index is 0.00183. The monoisotopic (exact) mass is 603 g/mol. The van der Waals surface area contributed by atoms with Gasteiger partial charge in [-0.05, 0) is 62.6 Å². The Balaban J connectivity index is 1.52. The summed E-state index contributed by atoms with van der Waals surface area (Å²) in [7, 11) is -1.40. The zero-order valence-electron chi connectivity index (χ0n) is 24.3. The van der Waals surface area contributed by atoms with Gasteiger partial charge in [-0.1, -0.05) is 44.5 Å². The summed E-state index contributed by atoms with van der Waals surface area (Å²) in [6, 6.07) is 9.80. The van der Waals surface area contributed by atoms with Gasteiger partial charge in [0.15, 0.2) is 5.82 Å². The van der Waals surface area contributed by atoms with E-state index >= 15 is 0 Å². The third kappa shape index (κ3) is 5.55. The first-order valence-corrected chi connectivity index (χ1v) is 16.1. The number of alkyl halides is 2. The number of nitrogens with zero attached hydrogens (tertiary/aromatic N) is 4. The number of halogens is 3. The van der Waals surface area contributed by atoms with Gasteiger partial charge in [0.05, 0.1) is 23.1 Å². The van der Waals surface area contributed by atoms with Gasteiger partial charge in [-0.15, -0.1) is 10.3 Å². The Labute approximate surface area is 246 Å². The maximum atomic E-state index is 13.2. The molecule has 0 saturated heterocycles. The second-order valence-corrected chi connectivity index (χ2v) is 16.4. The average molecular weight is 604 g/mol. The van der Waals surface area contributed by atoms with Crippen LogP contribution in [0.1, 0.15) is 70.3 Å². The molecule has 5 rings (SSSR count). The highest BCUT2D eigenvalue weighted by Crippen LogP contribution is 2.57. The Morgan fingerprint density at radius 1 is 1.05 bits per heavy atom. The van der Waals surface area contributed by atoms with E-state index in [9.17, 15) is 8.78 Å². The van der Waals surface area contributed by atoms with Crippen LogP contribution in [-0.2, 0) is 9.78 Å². The van der Waals surface area contributed by atoms with Gasteiger partial charge in [0.25, 0.3) is 0 Å². The molecule has 2 N–H and O–H groups in total. The SMILES string of the molecule is CC(C)(OS(C)(C)C(C)(C)C)c1ncc(-c2ccc3nc4n(c3c2)[C@@H](c2c(Cl)cccc2OC(F)F)C[C@H]4N)cn1. The van der Waals surface area contributed by atoms with Gasteiger partial charge >= 0.3 is 6.61 Å². The molecule has 0 amide bonds. The van der Waals surface area contributed by atoms with E-state index in [0.717, 1.165) is 22.2 Å². The summed E-state index contributed by atoms with van der Waals surface area (Å²) < 4.78 is 39.9. The van der Waals surface area contributed by atoms with Crippen molar-refractivity contribution in [2.75, 3.05) is 12.5 Å². The Morgan fingerprint density at radius 3 is 2.37 bits per heavy atom. The molecule has 0 saturated carbocycles. The van der Waals surface area contributed by atoms with Crippen LogP contribution in [0.15, 0.2) is 48.8 Å². The van der Waals surface area contributed by atoms with Crippen molar-refractivity contribution in [1.82, 2.24) is 19.5 Å². The van der Waals surface area contributed by atoms with Crippen molar-refractivity contribution in [3.8, 4) is 16.9 Å². The van der Waals surface area contributed by atoms with Crippen LogP contribution in [0.3, 0.4) is 0 Å². The highest BCUT2D eigenvalue weighted by atomic mass is 35.5. The van der Waals surface area contributed by atoms with Crippen LogP contribution in [0.4, 0.5) is 8.78 Å². The van der Waals surface area contributed by atoms with Crippen molar-refractivity contribution in [3.05, 3.63) is 71.0 Å². The smallest absolute Gasteiger partial charge is 0.387 e. The van der Waals surface area contributed by atoms with Crippen LogP contribution in [0.5, 0.6) is 5.75 Å². The maximum Gasteiger partial charge on any atom is 0.387 e. The molecule has 220 valence electrons. The lowest BCUT2D eigenvalue weighted by Crippen LogP contribution is -2.33. The van der Waals surface area contributed by atoms with Gasteiger partial charge in [-0.3, -0.25) is 0 Å². The second-order valence-electron chi connectivity index (χ2n) is 12.2. The fourth-order valence-corrected chi connectivity index (χ4v) is 6.75. The molecule has 1 aliphatic heterocycles. The van der Waals surface area contributed by atoms with E-state index in [2.05, 4.69) is 43.3 Å². The summed E-state index contributed by atoms with van der Waals surface area (Å²) in [5.41, 5.74) is 9.52. The van der Waals surface area contributed by atoms with Crippen molar-refractivity contribution >= 4 is 32.9 Å². The van der Waals surface area contributed by atoms with Gasteiger partial charge in [0.1, 0.15) is 17.2 Å². The molecule has 0 aliphatic carbocycles. The first-order chi connectivity index (χ1) is 19.1. The highest BCUT2D eigenvalue weighted by molar-refractivity contribution is 8.29. The lowest BCUT2D eigenvalue weighted by Gasteiger charge is -2.47. The molecule has 0 fully saturated rings. The molecule has 4 aromatic rings. The molecule has 2 aromatic carbocycles. The molecule has 0 radical (unpaired) electrons. The average Bonchev–Trinajstić information content (AvgIpc) is 3.39.